The Morgan fingerprint density at radius 3 is 2.37 bits per heavy atom. The lowest BCUT2D eigenvalue weighted by Crippen LogP contribution is -2.62. The zero-order valence-corrected chi connectivity index (χ0v) is 37.9. The third kappa shape index (κ3) is 11.2. The van der Waals surface area contributed by atoms with Gasteiger partial charge in [-0.3, -0.25) is 14.6 Å². The first-order valence-electron chi connectivity index (χ1n) is 21.6. The molecule has 2 fully saturated rings. The van der Waals surface area contributed by atoms with E-state index in [1.165, 1.54) is 14.0 Å². The molecule has 0 aliphatic carbocycles. The minimum Gasteiger partial charge on any atom is -0.457 e. The topological polar surface area (TPSA) is 161 Å². The molecular formula is C45H71FN4O10. The number of rotatable bonds is 15. The number of cyclic esters (lactones) is 1. The highest BCUT2D eigenvalue weighted by Gasteiger charge is 2.57. The number of alkyl halides is 1. The molecule has 1 unspecified atom stereocenters. The average molecular weight is 847 g/mol. The fraction of sp³-hybridized carbons (Fsp3) is 0.756. The van der Waals surface area contributed by atoms with Gasteiger partial charge in [0.25, 0.3) is 5.67 Å². The predicted octanol–water partition coefficient (Wildman–Crippen LogP) is 6.01. The Balaban J connectivity index is 1.69. The number of likely N-dealkylation sites (N-methyl/N-ethyl adjacent to an activating group) is 1. The quantitative estimate of drug-likeness (QED) is 0.126. The Hall–Kier alpha value is -3.18. The summed E-state index contributed by atoms with van der Waals surface area (Å²) >= 11 is 0. The first-order valence-corrected chi connectivity index (χ1v) is 21.6. The molecule has 2 saturated heterocycles. The summed E-state index contributed by atoms with van der Waals surface area (Å²) in [5, 5.41) is 11.4. The summed E-state index contributed by atoms with van der Waals surface area (Å²) in [4.78, 5) is 53.7. The summed E-state index contributed by atoms with van der Waals surface area (Å²) in [6, 6.07) is 3.47. The summed E-state index contributed by atoms with van der Waals surface area (Å²) in [5.74, 6) is -5.47. The number of nitrogens with zero attached hydrogens (tertiary/aromatic N) is 4. The van der Waals surface area contributed by atoms with Gasteiger partial charge < -0.3 is 43.0 Å². The first-order chi connectivity index (χ1) is 28.2. The normalized spacial score (nSPS) is 36.3. The lowest BCUT2D eigenvalue weighted by molar-refractivity contribution is -0.295. The lowest BCUT2D eigenvalue weighted by Gasteiger charge is -2.48. The van der Waals surface area contributed by atoms with Crippen LogP contribution in [-0.2, 0) is 49.3 Å². The van der Waals surface area contributed by atoms with Crippen LogP contribution in [0.1, 0.15) is 101 Å². The van der Waals surface area contributed by atoms with E-state index in [0.29, 0.717) is 25.8 Å². The number of carbonyl (C=O) groups excluding carboxylic acids is 3. The number of imidazole rings is 1. The Bertz CT molecular complexity index is 1690. The van der Waals surface area contributed by atoms with Crippen molar-refractivity contribution in [2.75, 3.05) is 34.4 Å². The van der Waals surface area contributed by atoms with Gasteiger partial charge in [-0.1, -0.05) is 34.6 Å². The van der Waals surface area contributed by atoms with E-state index in [2.05, 4.69) is 9.97 Å². The second-order valence-electron chi connectivity index (χ2n) is 17.7. The molecule has 0 bridgehead atoms. The summed E-state index contributed by atoms with van der Waals surface area (Å²) < 4.78 is 56.9. The number of ketones is 2. The fourth-order valence-corrected chi connectivity index (χ4v) is 8.96. The molecule has 0 aromatic carbocycles. The molecule has 1 N–H and O–H groups in total. The number of halogens is 1. The highest BCUT2D eigenvalue weighted by molar-refractivity contribution is 6.07. The molecule has 0 saturated carbocycles. The van der Waals surface area contributed by atoms with E-state index in [4.69, 9.17) is 28.4 Å². The van der Waals surface area contributed by atoms with Gasteiger partial charge in [0.15, 0.2) is 12.1 Å². The van der Waals surface area contributed by atoms with Crippen LogP contribution in [0.5, 0.6) is 0 Å². The Morgan fingerprint density at radius 1 is 1.03 bits per heavy atom. The van der Waals surface area contributed by atoms with Gasteiger partial charge in [0, 0.05) is 74.8 Å². The van der Waals surface area contributed by atoms with Crippen molar-refractivity contribution in [1.82, 2.24) is 19.4 Å². The number of hydrogen-bond donors (Lipinski definition) is 1. The molecule has 2 aliphatic rings. The predicted molar refractivity (Wildman–Crippen MR) is 224 cm³/mol. The van der Waals surface area contributed by atoms with Crippen molar-refractivity contribution in [3.63, 3.8) is 0 Å². The molecular weight excluding hydrogens is 776 g/mol. The highest BCUT2D eigenvalue weighted by Crippen LogP contribution is 2.41. The largest absolute Gasteiger partial charge is 0.457 e. The maximum atomic E-state index is 17.0. The van der Waals surface area contributed by atoms with E-state index < -0.39 is 77.1 Å². The number of pyridine rings is 1. The van der Waals surface area contributed by atoms with Crippen LogP contribution < -0.4 is 0 Å². The van der Waals surface area contributed by atoms with Crippen LogP contribution in [0.2, 0.25) is 0 Å². The summed E-state index contributed by atoms with van der Waals surface area (Å²) in [6.07, 6.45) is 3.91. The number of esters is 1. The molecule has 2 aromatic heterocycles. The van der Waals surface area contributed by atoms with Gasteiger partial charge in [-0.2, -0.15) is 0 Å². The molecule has 0 radical (unpaired) electrons. The number of hydrogen-bond acceptors (Lipinski definition) is 13. The van der Waals surface area contributed by atoms with Crippen LogP contribution in [0.3, 0.4) is 0 Å². The number of unbranched alkanes of at least 4 members (excludes halogenated alkanes) is 1. The molecule has 2 aliphatic heterocycles. The van der Waals surface area contributed by atoms with Crippen molar-refractivity contribution in [3.05, 3.63) is 37.1 Å². The molecule has 14 nitrogen and oxygen atoms in total. The fourth-order valence-electron chi connectivity index (χ4n) is 8.96. The van der Waals surface area contributed by atoms with Crippen molar-refractivity contribution >= 4 is 17.5 Å². The maximum Gasteiger partial charge on any atom is 0.351 e. The van der Waals surface area contributed by atoms with Crippen molar-refractivity contribution in [2.24, 2.45) is 17.8 Å². The third-order valence-corrected chi connectivity index (χ3v) is 12.6. The number of aryl methyl sites for hydroxylation is 1. The number of ether oxygens (including phenoxy) is 6. The molecule has 0 amide bonds. The Labute approximate surface area is 356 Å². The molecule has 60 heavy (non-hydrogen) atoms. The van der Waals surface area contributed by atoms with Crippen LogP contribution in [0, 0.1) is 17.8 Å². The van der Waals surface area contributed by atoms with Gasteiger partial charge in [-0.05, 0) is 92.4 Å². The second-order valence-corrected chi connectivity index (χ2v) is 17.7. The highest BCUT2D eigenvalue weighted by atomic mass is 19.1. The average Bonchev–Trinajstić information content (AvgIpc) is 3.70. The zero-order chi connectivity index (χ0) is 44.6. The van der Waals surface area contributed by atoms with E-state index in [0.717, 1.165) is 24.6 Å². The summed E-state index contributed by atoms with van der Waals surface area (Å²) in [7, 11) is 5.11. The van der Waals surface area contributed by atoms with Crippen molar-refractivity contribution in [3.8, 4) is 11.3 Å². The van der Waals surface area contributed by atoms with Crippen molar-refractivity contribution in [1.29, 1.82) is 0 Å². The number of carbonyl (C=O) groups is 3. The number of Topliss-reactive ketones (excluding diaryl/α,β-unsaturated/α-hetero) is 2. The van der Waals surface area contributed by atoms with Crippen LogP contribution in [0.15, 0.2) is 37.1 Å². The lowest BCUT2D eigenvalue weighted by atomic mass is 9.73. The van der Waals surface area contributed by atoms with Gasteiger partial charge in [0.2, 0.25) is 0 Å². The van der Waals surface area contributed by atoms with Crippen LogP contribution in [-0.4, -0.2) is 136 Å². The van der Waals surface area contributed by atoms with E-state index in [9.17, 15) is 19.5 Å². The van der Waals surface area contributed by atoms with Crippen molar-refractivity contribution in [2.45, 2.75) is 167 Å². The van der Waals surface area contributed by atoms with Gasteiger partial charge in [-0.15, -0.1) is 0 Å². The molecule has 4 rings (SSSR count). The number of methoxy groups -OCH3 is 1. The number of aliphatic hydroxyl groups is 1. The third-order valence-electron chi connectivity index (χ3n) is 12.6. The van der Waals surface area contributed by atoms with E-state index in [-0.39, 0.29) is 44.0 Å². The van der Waals surface area contributed by atoms with Crippen molar-refractivity contribution < 1.29 is 52.3 Å². The van der Waals surface area contributed by atoms with E-state index >= 15 is 4.39 Å². The van der Waals surface area contributed by atoms with Crippen LogP contribution in [0.4, 0.5) is 4.39 Å². The van der Waals surface area contributed by atoms with E-state index in [1.807, 2.05) is 55.7 Å². The first kappa shape index (κ1) is 49.5. The minimum atomic E-state index is -3.13. The zero-order valence-electron chi connectivity index (χ0n) is 37.9. The van der Waals surface area contributed by atoms with Gasteiger partial charge in [0.05, 0.1) is 35.9 Å². The van der Waals surface area contributed by atoms with Gasteiger partial charge in [-0.25, -0.2) is 14.2 Å². The van der Waals surface area contributed by atoms with Crippen LogP contribution >= 0.6 is 0 Å². The van der Waals surface area contributed by atoms with Gasteiger partial charge >= 0.3 is 5.97 Å². The van der Waals surface area contributed by atoms with E-state index in [1.54, 1.807) is 53.3 Å². The smallest absolute Gasteiger partial charge is 0.351 e. The standard InChI is InChI=1S/C45H71FN4O10/c1-13-21-57-45(9)35(14-2)59-42(54)44(8,46)38(53)31(6)39(60-41-37(52)34(49(10)11)23-29(4)58-41)43(7,55-12)24-28(3)36(51)30(5)40(45)56-22-16-15-20-50-26-33(48-27-50)32-18-17-19-47-25-32/h17-19,25-31,34-35,37,39-41,52H,13-16,20-24H2,1-12H3/t28-,29-,30-,31+,34+,35+,37-,39-,40?,41+,43+,44+,45-/m1/s1. The molecule has 338 valence electrons. The summed E-state index contributed by atoms with van der Waals surface area (Å²) in [6.45, 7) is 16.1. The Morgan fingerprint density at radius 2 is 1.75 bits per heavy atom. The minimum absolute atomic E-state index is 0.0419. The molecule has 0 spiro atoms. The molecule has 4 heterocycles. The maximum absolute atomic E-state index is 17.0. The van der Waals surface area contributed by atoms with Crippen LogP contribution in [0.25, 0.3) is 11.3 Å². The Kier molecular flexibility index (Phi) is 17.5. The second kappa shape index (κ2) is 21.3. The number of aromatic nitrogens is 3. The molecule has 2 aromatic rings. The van der Waals surface area contributed by atoms with Gasteiger partial charge in [0.1, 0.15) is 23.6 Å². The molecule has 13 atom stereocenters. The number of aliphatic hydroxyl groups excluding tert-OH is 1. The monoisotopic (exact) mass is 847 g/mol. The SMILES string of the molecule is CCCO[C@@]1(C)C(OCCCCn2cnc(-c3cccnc3)c2)[C@H](C)C(=O)[C@H](C)C[C@](C)(OC)[C@H](O[C@@H]2O[C@H](C)C[C@H](N(C)C)[C@H]2O)[C@@H](C)C(=O)[C@](C)(F)C(=O)O[C@H]1CC. The summed E-state index contributed by atoms with van der Waals surface area (Å²) in [5.41, 5.74) is -4.22. The molecule has 15 heteroatoms.